The van der Waals surface area contributed by atoms with Crippen molar-refractivity contribution in [2.45, 2.75) is 25.5 Å². The van der Waals surface area contributed by atoms with Crippen LogP contribution in [0.5, 0.6) is 5.75 Å². The van der Waals surface area contributed by atoms with Crippen LogP contribution in [0.25, 0.3) is 0 Å². The van der Waals surface area contributed by atoms with Crippen molar-refractivity contribution in [1.29, 1.82) is 0 Å². The predicted molar refractivity (Wildman–Crippen MR) is 151 cm³/mol. The summed E-state index contributed by atoms with van der Waals surface area (Å²) in [5, 5.41) is 25.9. The number of aromatic nitrogens is 4. The number of fused-ring (bicyclic) bond motifs is 2. The average molecular weight is 540 g/mol. The molecule has 1 atom stereocenters. The third-order valence-electron chi connectivity index (χ3n) is 6.90. The van der Waals surface area contributed by atoms with E-state index < -0.39 is 6.10 Å². The number of hydrogen-bond donors (Lipinski definition) is 2. The number of aliphatic hydroxyl groups is 1. The Hall–Kier alpha value is -4.41. The van der Waals surface area contributed by atoms with Gasteiger partial charge in [-0.05, 0) is 59.5 Å². The van der Waals surface area contributed by atoms with Crippen LogP contribution in [0.3, 0.4) is 0 Å². The second-order valence-electron chi connectivity index (χ2n) is 9.88. The van der Waals surface area contributed by atoms with Crippen LogP contribution in [-0.4, -0.2) is 80.1 Å². The number of anilines is 1. The number of carbonyl (C=O) groups is 1. The number of rotatable bonds is 6. The van der Waals surface area contributed by atoms with Crippen LogP contribution >= 0.6 is 0 Å². The molecule has 0 bridgehead atoms. The Bertz CT molecular complexity index is 1410. The topological polar surface area (TPSA) is 131 Å². The van der Waals surface area contributed by atoms with E-state index >= 15 is 0 Å². The van der Waals surface area contributed by atoms with Crippen LogP contribution < -0.4 is 10.5 Å². The van der Waals surface area contributed by atoms with Gasteiger partial charge in [0, 0.05) is 45.0 Å². The van der Waals surface area contributed by atoms with Crippen molar-refractivity contribution in [3.63, 3.8) is 0 Å². The number of aliphatic hydroxyl groups excluding tert-OH is 1. The molecule has 2 aromatic heterocycles. The van der Waals surface area contributed by atoms with Gasteiger partial charge in [0.1, 0.15) is 18.2 Å². The Morgan fingerprint density at radius 2 is 1.73 bits per heavy atom. The van der Waals surface area contributed by atoms with Gasteiger partial charge in [0.2, 0.25) is 0 Å². The first kappa shape index (κ1) is 27.2. The van der Waals surface area contributed by atoms with Gasteiger partial charge >= 0.3 is 0 Å². The fourth-order valence-electron chi connectivity index (χ4n) is 4.96. The predicted octanol–water partition coefficient (Wildman–Crippen LogP) is 2.38. The van der Waals surface area contributed by atoms with E-state index in [0.717, 1.165) is 30.8 Å². The van der Waals surface area contributed by atoms with E-state index in [1.165, 1.54) is 11.1 Å². The van der Waals surface area contributed by atoms with Crippen molar-refractivity contribution in [3.05, 3.63) is 107 Å². The van der Waals surface area contributed by atoms with Gasteiger partial charge in [-0.25, -0.2) is 0 Å². The molecule has 2 aliphatic heterocycles. The molecule has 6 rings (SSSR count). The number of benzene rings is 2. The van der Waals surface area contributed by atoms with Gasteiger partial charge in [-0.15, -0.1) is 5.10 Å². The standard InChI is InChI=1S/C26H28N4O3.C4H5N3/c31-23(17-29-11-9-20-4-1-2-5-21(20)16-29)18-30-12-13-33-25-8-7-19(15-24(25)26(30)32)14-22-6-3-10-27-28-22;5-4-2-1-3-6-7-4/h1-8,10,15,23,31H,9,11-14,16-18H2;1-3H,(H2,5,7)/t23-;/m1./s1. The number of ether oxygens (including phenoxy) is 1. The summed E-state index contributed by atoms with van der Waals surface area (Å²) in [5.41, 5.74) is 10.2. The van der Waals surface area contributed by atoms with Crippen molar-refractivity contribution in [2.75, 3.05) is 38.5 Å². The summed E-state index contributed by atoms with van der Waals surface area (Å²) in [6.45, 7) is 3.43. The molecule has 0 fully saturated rings. The van der Waals surface area contributed by atoms with Gasteiger partial charge in [0.15, 0.2) is 0 Å². The second kappa shape index (κ2) is 13.1. The molecule has 0 saturated carbocycles. The summed E-state index contributed by atoms with van der Waals surface area (Å²) in [5.74, 6) is 0.946. The van der Waals surface area contributed by atoms with E-state index in [9.17, 15) is 9.90 Å². The van der Waals surface area contributed by atoms with Crippen molar-refractivity contribution < 1.29 is 14.6 Å². The lowest BCUT2D eigenvalue weighted by Gasteiger charge is -2.32. The van der Waals surface area contributed by atoms with Crippen LogP contribution in [0, 0.1) is 0 Å². The van der Waals surface area contributed by atoms with E-state index in [2.05, 4.69) is 49.6 Å². The molecule has 10 heteroatoms. The number of nitrogen functional groups attached to an aromatic ring is 1. The van der Waals surface area contributed by atoms with E-state index in [4.69, 9.17) is 10.5 Å². The van der Waals surface area contributed by atoms with Crippen LogP contribution in [0.15, 0.2) is 79.1 Å². The first-order valence-corrected chi connectivity index (χ1v) is 13.4. The summed E-state index contributed by atoms with van der Waals surface area (Å²) in [6, 6.07) is 21.3. The zero-order chi connectivity index (χ0) is 27.7. The minimum Gasteiger partial charge on any atom is -0.491 e. The van der Waals surface area contributed by atoms with E-state index in [0.29, 0.717) is 43.2 Å². The van der Waals surface area contributed by atoms with E-state index in [-0.39, 0.29) is 12.5 Å². The molecule has 1 amide bonds. The number of carbonyl (C=O) groups excluding carboxylic acids is 1. The second-order valence-corrected chi connectivity index (χ2v) is 9.88. The Labute approximate surface area is 233 Å². The number of amides is 1. The SMILES string of the molecule is Nc1cccnn1.O=C1c2cc(Cc3cccnn3)ccc2OCCN1C[C@H](O)CN1CCc2ccccc2C1. The Balaban J connectivity index is 0.000000403. The van der Waals surface area contributed by atoms with Crippen LogP contribution in [0.1, 0.15) is 32.7 Å². The van der Waals surface area contributed by atoms with E-state index in [1.807, 2.05) is 30.3 Å². The Kier molecular flexibility index (Phi) is 8.89. The fourth-order valence-corrected chi connectivity index (χ4v) is 4.96. The molecule has 2 aliphatic rings. The summed E-state index contributed by atoms with van der Waals surface area (Å²) >= 11 is 0. The lowest BCUT2D eigenvalue weighted by molar-refractivity contribution is 0.0501. The van der Waals surface area contributed by atoms with Gasteiger partial charge in [-0.1, -0.05) is 30.3 Å². The lowest BCUT2D eigenvalue weighted by atomic mass is 10.00. The number of nitrogens with two attached hydrogens (primary N) is 1. The van der Waals surface area contributed by atoms with Crippen molar-refractivity contribution in [3.8, 4) is 5.75 Å². The maximum Gasteiger partial charge on any atom is 0.257 e. The first-order valence-electron chi connectivity index (χ1n) is 13.4. The van der Waals surface area contributed by atoms with Crippen LogP contribution in [0.4, 0.5) is 5.82 Å². The highest BCUT2D eigenvalue weighted by molar-refractivity contribution is 5.97. The molecule has 0 aliphatic carbocycles. The molecular formula is C30H33N7O3. The summed E-state index contributed by atoms with van der Waals surface area (Å²) < 4.78 is 5.84. The molecule has 4 aromatic rings. The summed E-state index contributed by atoms with van der Waals surface area (Å²) in [7, 11) is 0. The molecule has 206 valence electrons. The minimum atomic E-state index is -0.622. The van der Waals surface area contributed by atoms with Crippen LogP contribution in [0.2, 0.25) is 0 Å². The average Bonchev–Trinajstić information content (AvgIpc) is 3.12. The Morgan fingerprint density at radius 3 is 2.45 bits per heavy atom. The fraction of sp³-hybridized carbons (Fsp3) is 0.300. The molecule has 0 unspecified atom stereocenters. The van der Waals surface area contributed by atoms with E-state index in [1.54, 1.807) is 29.4 Å². The zero-order valence-electron chi connectivity index (χ0n) is 22.3. The summed E-state index contributed by atoms with van der Waals surface area (Å²) in [6.07, 6.45) is 4.18. The highest BCUT2D eigenvalue weighted by Crippen LogP contribution is 2.26. The van der Waals surface area contributed by atoms with Crippen molar-refractivity contribution >= 4 is 11.7 Å². The van der Waals surface area contributed by atoms with Gasteiger partial charge in [-0.2, -0.15) is 15.3 Å². The molecule has 4 heterocycles. The molecule has 2 aromatic carbocycles. The van der Waals surface area contributed by atoms with Gasteiger partial charge in [-0.3, -0.25) is 9.69 Å². The van der Waals surface area contributed by atoms with Crippen molar-refractivity contribution in [1.82, 2.24) is 30.2 Å². The highest BCUT2D eigenvalue weighted by Gasteiger charge is 2.27. The molecular weight excluding hydrogens is 506 g/mol. The number of β-amino-alcohol motifs (C(OH)–C–C–N with tert-alkyl or cyclic N) is 1. The number of hydrogen-bond acceptors (Lipinski definition) is 9. The monoisotopic (exact) mass is 539 g/mol. The largest absolute Gasteiger partial charge is 0.491 e. The van der Waals surface area contributed by atoms with Crippen LogP contribution in [-0.2, 0) is 19.4 Å². The third-order valence-corrected chi connectivity index (χ3v) is 6.90. The minimum absolute atomic E-state index is 0.105. The Morgan fingerprint density at radius 1 is 0.925 bits per heavy atom. The molecule has 0 radical (unpaired) electrons. The van der Waals surface area contributed by atoms with Gasteiger partial charge < -0.3 is 20.5 Å². The molecule has 40 heavy (non-hydrogen) atoms. The van der Waals surface area contributed by atoms with Gasteiger partial charge in [0.05, 0.1) is 23.9 Å². The molecule has 0 spiro atoms. The first-order chi connectivity index (χ1) is 19.5. The maximum atomic E-state index is 13.3. The lowest BCUT2D eigenvalue weighted by Crippen LogP contribution is -2.44. The summed E-state index contributed by atoms with van der Waals surface area (Å²) in [4.78, 5) is 17.3. The third kappa shape index (κ3) is 7.16. The van der Waals surface area contributed by atoms with Gasteiger partial charge in [0.25, 0.3) is 5.91 Å². The highest BCUT2D eigenvalue weighted by atomic mass is 16.5. The normalized spacial score (nSPS) is 15.5. The van der Waals surface area contributed by atoms with Crippen molar-refractivity contribution in [2.24, 2.45) is 0 Å². The quantitative estimate of drug-likeness (QED) is 0.379. The molecule has 10 nitrogen and oxygen atoms in total. The maximum absolute atomic E-state index is 13.3. The molecule has 3 N–H and O–H groups in total. The number of nitrogens with zero attached hydrogens (tertiary/aromatic N) is 6. The smallest absolute Gasteiger partial charge is 0.257 e. The zero-order valence-corrected chi connectivity index (χ0v) is 22.3. The molecule has 0 saturated heterocycles.